The van der Waals surface area contributed by atoms with Gasteiger partial charge in [-0.1, -0.05) is 26.0 Å². The monoisotopic (exact) mass is 570 g/mol. The Morgan fingerprint density at radius 2 is 1.71 bits per heavy atom. The van der Waals surface area contributed by atoms with Gasteiger partial charge in [-0.25, -0.2) is 18.7 Å². The number of halogens is 2. The van der Waals surface area contributed by atoms with Gasteiger partial charge in [-0.3, -0.25) is 9.20 Å². The van der Waals surface area contributed by atoms with Crippen molar-refractivity contribution in [1.29, 1.82) is 0 Å². The summed E-state index contributed by atoms with van der Waals surface area (Å²) in [6.45, 7) is 7.27. The summed E-state index contributed by atoms with van der Waals surface area (Å²) in [5.41, 5.74) is 6.96. The van der Waals surface area contributed by atoms with E-state index in [1.165, 1.54) is 29.0 Å². The topological polar surface area (TPSA) is 50.5 Å². The van der Waals surface area contributed by atoms with Crippen LogP contribution in [0.2, 0.25) is 0 Å². The second-order valence-corrected chi connectivity index (χ2v) is 11.5. The molecule has 4 heterocycles. The van der Waals surface area contributed by atoms with Crippen molar-refractivity contribution < 1.29 is 13.6 Å². The molecule has 0 atom stereocenters. The number of thiazole rings is 1. The Kier molecular flexibility index (Phi) is 7.43. The number of likely N-dealkylation sites (tertiary alicyclic amines) is 1. The summed E-state index contributed by atoms with van der Waals surface area (Å²) in [5.74, 6) is -0.0243. The molecule has 0 saturated carbocycles. The quantitative estimate of drug-likeness (QED) is 0.208. The summed E-state index contributed by atoms with van der Waals surface area (Å²) in [7, 11) is 0. The van der Waals surface area contributed by atoms with Gasteiger partial charge in [0.15, 0.2) is 0 Å². The zero-order valence-corrected chi connectivity index (χ0v) is 24.3. The van der Waals surface area contributed by atoms with Gasteiger partial charge in [0.25, 0.3) is 0 Å². The fraction of sp³-hybridized carbons (Fsp3) is 0.303. The Bertz CT molecular complexity index is 1730. The van der Waals surface area contributed by atoms with E-state index in [0.29, 0.717) is 29.9 Å². The Morgan fingerprint density at radius 3 is 2.41 bits per heavy atom. The third kappa shape index (κ3) is 5.05. The molecule has 0 N–H and O–H groups in total. The number of carbonyl (C=O) groups is 1. The first-order chi connectivity index (χ1) is 19.9. The standard InChI is InChI=1S/C33H32F2N4OS/c1-4-27-32(39-18-23(8-13-29(39)36-27)21-14-16-38(17-15-21)30(40)5-2)26-12-11-25(20(3)31(26)35)33-37-28(19-41-33)22-6-9-24(34)10-7-22/h6-13,18-19,21H,4-5,14-17H2,1-3H3. The third-order valence-electron chi connectivity index (χ3n) is 8.19. The summed E-state index contributed by atoms with van der Waals surface area (Å²) < 4.78 is 31.6. The molecule has 0 unspecified atom stereocenters. The highest BCUT2D eigenvalue weighted by atomic mass is 32.1. The van der Waals surface area contributed by atoms with Gasteiger partial charge >= 0.3 is 0 Å². The number of amides is 1. The van der Waals surface area contributed by atoms with Crippen molar-refractivity contribution in [2.75, 3.05) is 13.1 Å². The number of hydrogen-bond acceptors (Lipinski definition) is 4. The predicted octanol–water partition coefficient (Wildman–Crippen LogP) is 8.06. The molecular formula is C33H32F2N4OS. The smallest absolute Gasteiger partial charge is 0.222 e. The number of imidazole rings is 1. The number of carbonyl (C=O) groups excluding carboxylic acids is 1. The van der Waals surface area contributed by atoms with E-state index in [1.807, 2.05) is 46.7 Å². The van der Waals surface area contributed by atoms with Crippen molar-refractivity contribution >= 4 is 22.9 Å². The van der Waals surface area contributed by atoms with Crippen molar-refractivity contribution in [1.82, 2.24) is 19.3 Å². The predicted molar refractivity (Wildman–Crippen MR) is 160 cm³/mol. The molecule has 5 nitrogen and oxygen atoms in total. The maximum Gasteiger partial charge on any atom is 0.222 e. The number of benzene rings is 2. The van der Waals surface area contributed by atoms with Crippen LogP contribution in [0, 0.1) is 18.6 Å². The van der Waals surface area contributed by atoms with E-state index in [9.17, 15) is 9.18 Å². The number of pyridine rings is 1. The van der Waals surface area contributed by atoms with Crippen LogP contribution in [0.3, 0.4) is 0 Å². The lowest BCUT2D eigenvalue weighted by Gasteiger charge is -2.32. The number of aromatic nitrogens is 3. The zero-order valence-electron chi connectivity index (χ0n) is 23.5. The van der Waals surface area contributed by atoms with Crippen LogP contribution in [-0.4, -0.2) is 38.3 Å². The van der Waals surface area contributed by atoms with Gasteiger partial charge in [-0.15, -0.1) is 11.3 Å². The normalized spacial score (nSPS) is 14.2. The summed E-state index contributed by atoms with van der Waals surface area (Å²) in [5, 5.41) is 2.63. The van der Waals surface area contributed by atoms with Crippen LogP contribution in [-0.2, 0) is 11.2 Å². The third-order valence-corrected chi connectivity index (χ3v) is 9.06. The Labute approximate surface area is 242 Å². The van der Waals surface area contributed by atoms with E-state index < -0.39 is 0 Å². The van der Waals surface area contributed by atoms with Crippen LogP contribution >= 0.6 is 11.3 Å². The van der Waals surface area contributed by atoms with Gasteiger partial charge in [-0.2, -0.15) is 0 Å². The molecule has 6 rings (SSSR count). The van der Waals surface area contributed by atoms with E-state index in [0.717, 1.165) is 64.8 Å². The van der Waals surface area contributed by atoms with E-state index in [2.05, 4.69) is 12.3 Å². The van der Waals surface area contributed by atoms with E-state index in [-0.39, 0.29) is 17.5 Å². The number of aryl methyl sites for hydroxylation is 1. The second-order valence-electron chi connectivity index (χ2n) is 10.6. The van der Waals surface area contributed by atoms with E-state index >= 15 is 4.39 Å². The molecule has 210 valence electrons. The maximum atomic E-state index is 16.2. The zero-order chi connectivity index (χ0) is 28.7. The highest BCUT2D eigenvalue weighted by Gasteiger charge is 2.25. The lowest BCUT2D eigenvalue weighted by molar-refractivity contribution is -0.131. The molecule has 1 fully saturated rings. The van der Waals surface area contributed by atoms with Crippen molar-refractivity contribution in [3.8, 4) is 33.1 Å². The van der Waals surface area contributed by atoms with Gasteiger partial charge < -0.3 is 4.90 Å². The summed E-state index contributed by atoms with van der Waals surface area (Å²) >= 11 is 1.45. The minimum atomic E-state index is -0.294. The lowest BCUT2D eigenvalue weighted by Crippen LogP contribution is -2.37. The number of rotatable bonds is 6. The molecule has 41 heavy (non-hydrogen) atoms. The average molecular weight is 571 g/mol. The van der Waals surface area contributed by atoms with Crippen LogP contribution < -0.4 is 0 Å². The van der Waals surface area contributed by atoms with Gasteiger partial charge in [0, 0.05) is 47.8 Å². The number of hydrogen-bond donors (Lipinski definition) is 0. The first kappa shape index (κ1) is 27.3. The summed E-state index contributed by atoms with van der Waals surface area (Å²) in [6, 6.07) is 14.1. The molecule has 0 aliphatic carbocycles. The van der Waals surface area contributed by atoms with Gasteiger partial charge in [0.1, 0.15) is 22.3 Å². The van der Waals surface area contributed by atoms with Crippen molar-refractivity contribution in [3.63, 3.8) is 0 Å². The summed E-state index contributed by atoms with van der Waals surface area (Å²) in [4.78, 5) is 23.7. The molecular weight excluding hydrogens is 538 g/mol. The Hall–Kier alpha value is -3.91. The molecule has 0 radical (unpaired) electrons. The second kappa shape index (κ2) is 11.2. The van der Waals surface area contributed by atoms with Gasteiger partial charge in [-0.05, 0) is 79.6 Å². The molecule has 2 aromatic carbocycles. The van der Waals surface area contributed by atoms with Gasteiger partial charge in [0.05, 0.1) is 17.1 Å². The van der Waals surface area contributed by atoms with Crippen molar-refractivity contribution in [2.24, 2.45) is 0 Å². The SMILES string of the molecule is CCC(=O)N1CCC(c2ccc3nc(CC)c(-c4ccc(-c5nc(-c6ccc(F)cc6)cs5)c(C)c4F)n3c2)CC1. The fourth-order valence-corrected chi connectivity index (χ4v) is 6.73. The molecule has 3 aromatic heterocycles. The van der Waals surface area contributed by atoms with Crippen LogP contribution in [0.1, 0.15) is 55.8 Å². The molecule has 0 bridgehead atoms. The first-order valence-electron chi connectivity index (χ1n) is 14.2. The van der Waals surface area contributed by atoms with Crippen molar-refractivity contribution in [2.45, 2.75) is 52.4 Å². The minimum absolute atomic E-state index is 0.210. The maximum absolute atomic E-state index is 16.2. The molecule has 1 aliphatic rings. The van der Waals surface area contributed by atoms with E-state index in [1.54, 1.807) is 19.1 Å². The highest BCUT2D eigenvalue weighted by molar-refractivity contribution is 7.13. The van der Waals surface area contributed by atoms with Crippen LogP contribution in [0.15, 0.2) is 60.1 Å². The van der Waals surface area contributed by atoms with Crippen LogP contribution in [0.5, 0.6) is 0 Å². The highest BCUT2D eigenvalue weighted by Crippen LogP contribution is 2.37. The van der Waals surface area contributed by atoms with Crippen LogP contribution in [0.25, 0.3) is 38.7 Å². The Balaban J connectivity index is 1.35. The molecule has 8 heteroatoms. The van der Waals surface area contributed by atoms with Crippen molar-refractivity contribution in [3.05, 3.63) is 88.6 Å². The summed E-state index contributed by atoms with van der Waals surface area (Å²) in [6.07, 6.45) is 5.15. The molecule has 1 saturated heterocycles. The molecule has 5 aromatic rings. The number of fused-ring (bicyclic) bond motifs is 1. The molecule has 1 amide bonds. The molecule has 0 spiro atoms. The Morgan fingerprint density at radius 1 is 0.976 bits per heavy atom. The average Bonchev–Trinajstić information content (AvgIpc) is 3.63. The van der Waals surface area contributed by atoms with Crippen LogP contribution in [0.4, 0.5) is 8.78 Å². The fourth-order valence-electron chi connectivity index (χ4n) is 5.82. The molecule has 1 aliphatic heterocycles. The van der Waals surface area contributed by atoms with E-state index in [4.69, 9.17) is 9.97 Å². The first-order valence-corrected chi connectivity index (χ1v) is 15.1. The number of piperidine rings is 1. The largest absolute Gasteiger partial charge is 0.343 e. The number of nitrogens with zero attached hydrogens (tertiary/aromatic N) is 4. The lowest BCUT2D eigenvalue weighted by atomic mass is 9.90. The van der Waals surface area contributed by atoms with Gasteiger partial charge in [0.2, 0.25) is 5.91 Å². The minimum Gasteiger partial charge on any atom is -0.343 e.